The fraction of sp³-hybridized carbons (Fsp3) is 0.111. The number of thioether (sulfide) groups is 1. The van der Waals surface area contributed by atoms with Crippen molar-refractivity contribution >= 4 is 46.8 Å². The molecule has 122 valence electrons. The van der Waals surface area contributed by atoms with Crippen LogP contribution in [0.2, 0.25) is 0 Å². The average Bonchev–Trinajstić information content (AvgIpc) is 2.89. The van der Waals surface area contributed by atoms with Crippen LogP contribution in [-0.4, -0.2) is 24.4 Å². The van der Waals surface area contributed by atoms with E-state index in [9.17, 15) is 4.79 Å². The van der Waals surface area contributed by atoms with Gasteiger partial charge in [-0.3, -0.25) is 9.69 Å². The van der Waals surface area contributed by atoms with Crippen molar-refractivity contribution in [2.45, 2.75) is 4.90 Å². The van der Waals surface area contributed by atoms with Gasteiger partial charge in [-0.15, -0.1) is 11.8 Å². The number of benzene rings is 2. The number of nitrogens with zero attached hydrogens (tertiary/aromatic N) is 1. The molecule has 1 aliphatic rings. The van der Waals surface area contributed by atoms with E-state index in [0.717, 1.165) is 5.56 Å². The Morgan fingerprint density at radius 3 is 2.62 bits per heavy atom. The molecule has 0 aliphatic carbocycles. The van der Waals surface area contributed by atoms with E-state index in [1.165, 1.54) is 9.80 Å². The lowest BCUT2D eigenvalue weighted by atomic mass is 10.2. The van der Waals surface area contributed by atoms with Gasteiger partial charge in [0.1, 0.15) is 11.4 Å². The van der Waals surface area contributed by atoms with Gasteiger partial charge in [0.25, 0.3) is 5.91 Å². The lowest BCUT2D eigenvalue weighted by Crippen LogP contribution is -2.30. The van der Waals surface area contributed by atoms with E-state index in [2.05, 4.69) is 5.32 Å². The molecular weight excluding hydrogens is 340 g/mol. The minimum absolute atomic E-state index is 0.179. The molecule has 24 heavy (non-hydrogen) atoms. The molecule has 1 aliphatic heterocycles. The summed E-state index contributed by atoms with van der Waals surface area (Å²) in [5.74, 6) is 0.496. The topological polar surface area (TPSA) is 41.6 Å². The Morgan fingerprint density at radius 1 is 1.21 bits per heavy atom. The van der Waals surface area contributed by atoms with Crippen LogP contribution in [-0.2, 0) is 4.79 Å². The Kier molecular flexibility index (Phi) is 4.87. The Morgan fingerprint density at radius 2 is 1.96 bits per heavy atom. The first kappa shape index (κ1) is 16.5. The summed E-state index contributed by atoms with van der Waals surface area (Å²) in [7, 11) is 1.59. The normalized spacial score (nSPS) is 15.8. The molecule has 1 fully saturated rings. The lowest BCUT2D eigenvalue weighted by Gasteiger charge is -2.14. The van der Waals surface area contributed by atoms with Gasteiger partial charge in [-0.25, -0.2) is 0 Å². The van der Waals surface area contributed by atoms with Gasteiger partial charge in [0, 0.05) is 11.0 Å². The Balaban J connectivity index is 1.89. The molecule has 0 unspecified atom stereocenters. The second kappa shape index (κ2) is 7.07. The summed E-state index contributed by atoms with van der Waals surface area (Å²) < 4.78 is 5.21. The SMILES string of the molecule is COc1cccc(N2C(=O)/C(=C\c3ccc(SC)cc3)NC2=S)c1. The molecule has 0 radical (unpaired) electrons. The molecule has 1 N–H and O–H groups in total. The Bertz CT molecular complexity index is 816. The predicted octanol–water partition coefficient (Wildman–Crippen LogP) is 3.68. The standard InChI is InChI=1S/C18H16N2O2S2/c1-22-14-5-3-4-13(11-14)20-17(21)16(19-18(20)23)10-12-6-8-15(24-2)9-7-12/h3-11H,1-2H3,(H,19,23)/b16-10+. The highest BCUT2D eigenvalue weighted by Gasteiger charge is 2.32. The molecule has 0 bridgehead atoms. The number of rotatable bonds is 4. The van der Waals surface area contributed by atoms with Crippen molar-refractivity contribution in [1.29, 1.82) is 0 Å². The van der Waals surface area contributed by atoms with Gasteiger partial charge in [0.15, 0.2) is 5.11 Å². The van der Waals surface area contributed by atoms with E-state index in [4.69, 9.17) is 17.0 Å². The Labute approximate surface area is 150 Å². The summed E-state index contributed by atoms with van der Waals surface area (Å²) in [5, 5.41) is 3.35. The molecule has 4 nitrogen and oxygen atoms in total. The molecule has 0 saturated carbocycles. The van der Waals surface area contributed by atoms with Crippen molar-refractivity contribution in [3.8, 4) is 5.75 Å². The zero-order chi connectivity index (χ0) is 17.1. The number of hydrogen-bond donors (Lipinski definition) is 1. The van der Waals surface area contributed by atoms with Crippen molar-refractivity contribution in [2.24, 2.45) is 0 Å². The highest BCUT2D eigenvalue weighted by Crippen LogP contribution is 2.26. The number of amides is 1. The van der Waals surface area contributed by atoms with Crippen molar-refractivity contribution in [2.75, 3.05) is 18.3 Å². The highest BCUT2D eigenvalue weighted by molar-refractivity contribution is 7.98. The first-order valence-corrected chi connectivity index (χ1v) is 8.91. The van der Waals surface area contributed by atoms with E-state index in [1.807, 2.05) is 48.7 Å². The molecule has 0 aromatic heterocycles. The van der Waals surface area contributed by atoms with Crippen molar-refractivity contribution < 1.29 is 9.53 Å². The van der Waals surface area contributed by atoms with Crippen LogP contribution in [0.4, 0.5) is 5.69 Å². The molecule has 2 aromatic carbocycles. The minimum Gasteiger partial charge on any atom is -0.497 e. The second-order valence-corrected chi connectivity index (χ2v) is 6.37. The van der Waals surface area contributed by atoms with Gasteiger partial charge in [0.2, 0.25) is 0 Å². The predicted molar refractivity (Wildman–Crippen MR) is 102 cm³/mol. The molecule has 1 heterocycles. The molecule has 6 heteroatoms. The van der Waals surface area contributed by atoms with Gasteiger partial charge in [-0.05, 0) is 54.4 Å². The van der Waals surface area contributed by atoms with Crippen LogP contribution in [0.1, 0.15) is 5.56 Å². The third kappa shape index (κ3) is 3.29. The fourth-order valence-electron chi connectivity index (χ4n) is 2.39. The molecular formula is C18H16N2O2S2. The molecule has 1 saturated heterocycles. The fourth-order valence-corrected chi connectivity index (χ4v) is 3.09. The van der Waals surface area contributed by atoms with Gasteiger partial charge in [0.05, 0.1) is 12.8 Å². The number of thiocarbonyl (C=S) groups is 1. The van der Waals surface area contributed by atoms with Crippen LogP contribution >= 0.6 is 24.0 Å². The smallest absolute Gasteiger partial charge is 0.281 e. The second-order valence-electron chi connectivity index (χ2n) is 5.10. The van der Waals surface area contributed by atoms with Crippen molar-refractivity contribution in [3.05, 3.63) is 59.8 Å². The van der Waals surface area contributed by atoms with Crippen LogP contribution in [0.3, 0.4) is 0 Å². The quantitative estimate of drug-likeness (QED) is 0.514. The van der Waals surface area contributed by atoms with E-state index in [-0.39, 0.29) is 5.91 Å². The van der Waals surface area contributed by atoms with E-state index >= 15 is 0 Å². The number of methoxy groups -OCH3 is 1. The van der Waals surface area contributed by atoms with Crippen LogP contribution < -0.4 is 15.0 Å². The number of anilines is 1. The molecule has 0 spiro atoms. The maximum atomic E-state index is 12.7. The number of ether oxygens (including phenoxy) is 1. The number of carbonyl (C=O) groups is 1. The summed E-state index contributed by atoms with van der Waals surface area (Å²) in [6, 6.07) is 15.3. The largest absolute Gasteiger partial charge is 0.497 e. The van der Waals surface area contributed by atoms with Crippen LogP contribution in [0.25, 0.3) is 6.08 Å². The van der Waals surface area contributed by atoms with Crippen LogP contribution in [0.5, 0.6) is 5.75 Å². The summed E-state index contributed by atoms with van der Waals surface area (Å²) in [6.45, 7) is 0. The Hall–Kier alpha value is -2.31. The summed E-state index contributed by atoms with van der Waals surface area (Å²) in [6.07, 6.45) is 3.83. The highest BCUT2D eigenvalue weighted by atomic mass is 32.2. The number of nitrogens with one attached hydrogen (secondary N) is 1. The monoisotopic (exact) mass is 356 g/mol. The summed E-state index contributed by atoms with van der Waals surface area (Å²) in [5.41, 5.74) is 2.08. The maximum absolute atomic E-state index is 12.7. The first-order valence-electron chi connectivity index (χ1n) is 7.27. The van der Waals surface area contributed by atoms with E-state index < -0.39 is 0 Å². The minimum atomic E-state index is -0.179. The van der Waals surface area contributed by atoms with Crippen LogP contribution in [0.15, 0.2) is 59.1 Å². The van der Waals surface area contributed by atoms with E-state index in [0.29, 0.717) is 22.2 Å². The molecule has 2 aromatic rings. The summed E-state index contributed by atoms with van der Waals surface area (Å²) >= 11 is 7.00. The van der Waals surface area contributed by atoms with Crippen LogP contribution in [0, 0.1) is 0 Å². The van der Waals surface area contributed by atoms with Gasteiger partial charge in [-0.1, -0.05) is 18.2 Å². The maximum Gasteiger partial charge on any atom is 0.281 e. The first-order chi connectivity index (χ1) is 11.6. The summed E-state index contributed by atoms with van der Waals surface area (Å²) in [4.78, 5) is 15.4. The molecule has 0 atom stereocenters. The molecule has 3 rings (SSSR count). The third-order valence-electron chi connectivity index (χ3n) is 3.62. The average molecular weight is 356 g/mol. The number of hydrogen-bond acceptors (Lipinski definition) is 4. The lowest BCUT2D eigenvalue weighted by molar-refractivity contribution is -0.113. The van der Waals surface area contributed by atoms with Crippen molar-refractivity contribution in [3.63, 3.8) is 0 Å². The van der Waals surface area contributed by atoms with Gasteiger partial charge >= 0.3 is 0 Å². The third-order valence-corrected chi connectivity index (χ3v) is 4.64. The van der Waals surface area contributed by atoms with Gasteiger partial charge < -0.3 is 10.1 Å². The van der Waals surface area contributed by atoms with E-state index in [1.54, 1.807) is 31.0 Å². The van der Waals surface area contributed by atoms with Crippen molar-refractivity contribution in [1.82, 2.24) is 5.32 Å². The number of carbonyl (C=O) groups excluding carboxylic acids is 1. The zero-order valence-corrected chi connectivity index (χ0v) is 14.9. The molecule has 1 amide bonds. The zero-order valence-electron chi connectivity index (χ0n) is 13.3. The van der Waals surface area contributed by atoms with Gasteiger partial charge in [-0.2, -0.15) is 0 Å².